The van der Waals surface area contributed by atoms with Crippen LogP contribution in [0.15, 0.2) is 42.5 Å². The van der Waals surface area contributed by atoms with Crippen LogP contribution in [0.4, 0.5) is 4.39 Å². The molecule has 0 unspecified atom stereocenters. The molecule has 0 atom stereocenters. The lowest BCUT2D eigenvalue weighted by atomic mass is 9.80. The third-order valence-corrected chi connectivity index (χ3v) is 2.70. The number of methoxy groups -OCH3 is 1. The normalized spacial score (nSPS) is 10.2. The molecule has 2 aromatic rings. The molecule has 0 aliphatic carbocycles. The maximum absolute atomic E-state index is 14.0. The zero-order valence-electron chi connectivity index (χ0n) is 9.80. The molecule has 0 saturated carbocycles. The van der Waals surface area contributed by atoms with E-state index in [4.69, 9.17) is 14.8 Å². The van der Waals surface area contributed by atoms with Gasteiger partial charge in [-0.15, -0.1) is 0 Å². The van der Waals surface area contributed by atoms with Crippen LogP contribution in [0.5, 0.6) is 5.75 Å². The van der Waals surface area contributed by atoms with Gasteiger partial charge in [-0.05, 0) is 17.1 Å². The number of hydrogen-bond donors (Lipinski definition) is 2. The predicted octanol–water partition coefficient (Wildman–Crippen LogP) is 1.18. The molecule has 0 radical (unpaired) electrons. The molecule has 3 nitrogen and oxygen atoms in total. The van der Waals surface area contributed by atoms with Crippen LogP contribution in [-0.4, -0.2) is 24.3 Å². The van der Waals surface area contributed by atoms with Gasteiger partial charge in [-0.3, -0.25) is 0 Å². The zero-order chi connectivity index (χ0) is 13.1. The molecule has 0 saturated heterocycles. The van der Waals surface area contributed by atoms with Crippen LogP contribution in [-0.2, 0) is 0 Å². The first-order valence-electron chi connectivity index (χ1n) is 5.42. The van der Waals surface area contributed by atoms with Crippen molar-refractivity contribution in [1.82, 2.24) is 0 Å². The molecule has 0 aliphatic heterocycles. The molecule has 0 bridgehead atoms. The van der Waals surface area contributed by atoms with Gasteiger partial charge >= 0.3 is 7.12 Å². The summed E-state index contributed by atoms with van der Waals surface area (Å²) in [5.41, 5.74) is 1.42. The summed E-state index contributed by atoms with van der Waals surface area (Å²) in [6, 6.07) is 11.2. The molecule has 2 N–H and O–H groups in total. The minimum absolute atomic E-state index is 0.179. The molecule has 5 heteroatoms. The summed E-state index contributed by atoms with van der Waals surface area (Å²) in [7, 11) is -0.109. The van der Waals surface area contributed by atoms with Gasteiger partial charge in [0.05, 0.1) is 7.11 Å². The van der Waals surface area contributed by atoms with Crippen molar-refractivity contribution >= 4 is 12.6 Å². The van der Waals surface area contributed by atoms with Crippen LogP contribution < -0.4 is 10.2 Å². The number of rotatable bonds is 3. The van der Waals surface area contributed by atoms with Gasteiger partial charge in [-0.1, -0.05) is 36.4 Å². The van der Waals surface area contributed by atoms with Crippen LogP contribution in [0.2, 0.25) is 0 Å². The van der Waals surface area contributed by atoms with Gasteiger partial charge in [0.1, 0.15) is 0 Å². The van der Waals surface area contributed by atoms with E-state index in [2.05, 4.69) is 0 Å². The van der Waals surface area contributed by atoms with Crippen molar-refractivity contribution in [3.8, 4) is 16.9 Å². The zero-order valence-corrected chi connectivity index (χ0v) is 9.80. The predicted molar refractivity (Wildman–Crippen MR) is 68.2 cm³/mol. The molecule has 0 aromatic heterocycles. The fourth-order valence-corrected chi connectivity index (χ4v) is 1.73. The molecule has 2 aromatic carbocycles. The Labute approximate surface area is 105 Å². The van der Waals surface area contributed by atoms with E-state index in [1.165, 1.54) is 7.11 Å². The monoisotopic (exact) mass is 246 g/mol. The lowest BCUT2D eigenvalue weighted by molar-refractivity contribution is 0.387. The standard InChI is InChI=1S/C13H12BFO3/c1-18-12-4-2-3-11(13(12)15)9-5-7-10(8-6-9)14(16)17/h2-8,16-17H,1H3. The highest BCUT2D eigenvalue weighted by Crippen LogP contribution is 2.28. The minimum atomic E-state index is -1.52. The van der Waals surface area contributed by atoms with E-state index >= 15 is 0 Å². The van der Waals surface area contributed by atoms with Crippen LogP contribution >= 0.6 is 0 Å². The Morgan fingerprint density at radius 1 is 1.06 bits per heavy atom. The van der Waals surface area contributed by atoms with Crippen molar-refractivity contribution in [2.24, 2.45) is 0 Å². The smallest absolute Gasteiger partial charge is 0.488 e. The van der Waals surface area contributed by atoms with E-state index in [9.17, 15) is 4.39 Å². The first-order chi connectivity index (χ1) is 8.63. The van der Waals surface area contributed by atoms with Crippen LogP contribution in [0.1, 0.15) is 0 Å². The number of benzene rings is 2. The summed E-state index contributed by atoms with van der Waals surface area (Å²) in [5.74, 6) is -0.254. The molecule has 92 valence electrons. The van der Waals surface area contributed by atoms with Gasteiger partial charge < -0.3 is 14.8 Å². The van der Waals surface area contributed by atoms with Crippen molar-refractivity contribution in [2.75, 3.05) is 7.11 Å². The van der Waals surface area contributed by atoms with Crippen molar-refractivity contribution in [1.29, 1.82) is 0 Å². The highest BCUT2D eigenvalue weighted by molar-refractivity contribution is 6.58. The topological polar surface area (TPSA) is 49.7 Å². The Morgan fingerprint density at radius 3 is 2.28 bits per heavy atom. The average Bonchev–Trinajstić information content (AvgIpc) is 2.39. The van der Waals surface area contributed by atoms with E-state index in [-0.39, 0.29) is 5.75 Å². The first-order valence-corrected chi connectivity index (χ1v) is 5.42. The molecule has 2 rings (SSSR count). The first kappa shape index (κ1) is 12.6. The van der Waals surface area contributed by atoms with Crippen LogP contribution in [0, 0.1) is 5.82 Å². The Balaban J connectivity index is 2.43. The van der Waals surface area contributed by atoms with Crippen molar-refractivity contribution < 1.29 is 19.2 Å². The highest BCUT2D eigenvalue weighted by Gasteiger charge is 2.13. The lowest BCUT2D eigenvalue weighted by Crippen LogP contribution is -2.29. The highest BCUT2D eigenvalue weighted by atomic mass is 19.1. The summed E-state index contributed by atoms with van der Waals surface area (Å²) in [6.45, 7) is 0. The molecule has 0 aliphatic rings. The molecule has 18 heavy (non-hydrogen) atoms. The van der Waals surface area contributed by atoms with Gasteiger partial charge in [-0.2, -0.15) is 0 Å². The summed E-state index contributed by atoms with van der Waals surface area (Å²) in [4.78, 5) is 0. The quantitative estimate of drug-likeness (QED) is 0.799. The maximum atomic E-state index is 14.0. The number of hydrogen-bond acceptors (Lipinski definition) is 3. The van der Waals surface area contributed by atoms with E-state index < -0.39 is 12.9 Å². The largest absolute Gasteiger partial charge is 0.494 e. The Hall–Kier alpha value is -1.85. The Morgan fingerprint density at radius 2 is 1.72 bits per heavy atom. The van der Waals surface area contributed by atoms with Gasteiger partial charge in [0.2, 0.25) is 0 Å². The second-order valence-electron chi connectivity index (χ2n) is 3.82. The second-order valence-corrected chi connectivity index (χ2v) is 3.82. The van der Waals surface area contributed by atoms with Crippen LogP contribution in [0.3, 0.4) is 0 Å². The third-order valence-electron chi connectivity index (χ3n) is 2.70. The van der Waals surface area contributed by atoms with E-state index in [1.807, 2.05) is 0 Å². The average molecular weight is 246 g/mol. The summed E-state index contributed by atoms with van der Waals surface area (Å²) in [5, 5.41) is 18.0. The fraction of sp³-hybridized carbons (Fsp3) is 0.0769. The summed E-state index contributed by atoms with van der Waals surface area (Å²) in [6.07, 6.45) is 0. The third kappa shape index (κ3) is 2.37. The van der Waals surface area contributed by atoms with Gasteiger partial charge in [0.15, 0.2) is 11.6 Å². The number of halogens is 1. The number of ether oxygens (including phenoxy) is 1. The second kappa shape index (κ2) is 5.20. The summed E-state index contributed by atoms with van der Waals surface area (Å²) < 4.78 is 18.9. The molecule has 0 heterocycles. The SMILES string of the molecule is COc1cccc(-c2ccc(B(O)O)cc2)c1F. The molecular formula is C13H12BFO3. The van der Waals surface area contributed by atoms with Crippen molar-refractivity contribution in [2.45, 2.75) is 0 Å². The van der Waals surface area contributed by atoms with Gasteiger partial charge in [0, 0.05) is 5.56 Å². The maximum Gasteiger partial charge on any atom is 0.488 e. The fourth-order valence-electron chi connectivity index (χ4n) is 1.73. The molecular weight excluding hydrogens is 234 g/mol. The summed E-state index contributed by atoms with van der Waals surface area (Å²) >= 11 is 0. The minimum Gasteiger partial charge on any atom is -0.494 e. The molecule has 0 amide bonds. The van der Waals surface area contributed by atoms with E-state index in [1.54, 1.807) is 42.5 Å². The van der Waals surface area contributed by atoms with Gasteiger partial charge in [0.25, 0.3) is 0 Å². The molecule has 0 spiro atoms. The van der Waals surface area contributed by atoms with Crippen LogP contribution in [0.25, 0.3) is 11.1 Å². The Kier molecular flexibility index (Phi) is 3.65. The van der Waals surface area contributed by atoms with E-state index in [0.29, 0.717) is 16.6 Å². The van der Waals surface area contributed by atoms with Crippen molar-refractivity contribution in [3.05, 3.63) is 48.3 Å². The van der Waals surface area contributed by atoms with Gasteiger partial charge in [-0.25, -0.2) is 4.39 Å². The van der Waals surface area contributed by atoms with Crippen molar-refractivity contribution in [3.63, 3.8) is 0 Å². The lowest BCUT2D eigenvalue weighted by Gasteiger charge is -2.08. The molecule has 0 fully saturated rings. The van der Waals surface area contributed by atoms with E-state index in [0.717, 1.165) is 0 Å². The Bertz CT molecular complexity index is 540.